The Labute approximate surface area is 97.4 Å². The van der Waals surface area contributed by atoms with E-state index in [0.717, 1.165) is 6.42 Å². The number of benzene rings is 1. The summed E-state index contributed by atoms with van der Waals surface area (Å²) in [6, 6.07) is 6.28. The maximum Gasteiger partial charge on any atom is 0.292 e. The first-order valence-electron chi connectivity index (χ1n) is 5.48. The molecule has 0 saturated carbocycles. The predicted octanol–water partition coefficient (Wildman–Crippen LogP) is 0.672. The molecule has 6 nitrogen and oxygen atoms in total. The maximum absolute atomic E-state index is 12.0. The molecule has 2 saturated heterocycles. The topological polar surface area (TPSA) is 75.5 Å². The Hall–Kier alpha value is -1.95. The summed E-state index contributed by atoms with van der Waals surface area (Å²) >= 11 is 0. The summed E-state index contributed by atoms with van der Waals surface area (Å²) in [5.74, 6) is -0.0597. The van der Waals surface area contributed by atoms with Gasteiger partial charge >= 0.3 is 0 Å². The van der Waals surface area contributed by atoms with Crippen molar-refractivity contribution >= 4 is 17.3 Å². The molecule has 0 spiro atoms. The number of carbonyl (C=O) groups excluding carboxylic acids is 1. The van der Waals surface area contributed by atoms with Gasteiger partial charge in [0.25, 0.3) is 5.69 Å². The van der Waals surface area contributed by atoms with E-state index in [4.69, 9.17) is 0 Å². The quantitative estimate of drug-likeness (QED) is 0.601. The molecule has 88 valence electrons. The Balaban J connectivity index is 2.05. The number of hydrogen-bond donors (Lipinski definition) is 1. The Morgan fingerprint density at radius 3 is 2.82 bits per heavy atom. The average Bonchev–Trinajstić information content (AvgIpc) is 2.89. The van der Waals surface area contributed by atoms with Gasteiger partial charge in [0.05, 0.1) is 17.0 Å². The van der Waals surface area contributed by atoms with Crippen molar-refractivity contribution in [2.75, 3.05) is 11.4 Å². The summed E-state index contributed by atoms with van der Waals surface area (Å²) in [5, 5.41) is 14.0. The van der Waals surface area contributed by atoms with Crippen LogP contribution in [0.2, 0.25) is 0 Å². The van der Waals surface area contributed by atoms with Gasteiger partial charge in [0.1, 0.15) is 5.69 Å². The molecular weight excluding hydrogens is 222 g/mol. The number of nitro groups is 1. The maximum atomic E-state index is 12.0. The fourth-order valence-corrected chi connectivity index (χ4v) is 2.59. The first-order chi connectivity index (χ1) is 8.18. The van der Waals surface area contributed by atoms with E-state index >= 15 is 0 Å². The predicted molar refractivity (Wildman–Crippen MR) is 60.8 cm³/mol. The number of piperazine rings is 1. The number of nitrogens with one attached hydrogen (secondary N) is 1. The van der Waals surface area contributed by atoms with Crippen molar-refractivity contribution in [3.05, 3.63) is 34.4 Å². The molecule has 1 amide bonds. The van der Waals surface area contributed by atoms with Crippen LogP contribution in [-0.2, 0) is 4.79 Å². The molecular formula is C11H11N3O3. The minimum Gasteiger partial charge on any atom is -0.304 e. The van der Waals surface area contributed by atoms with Crippen LogP contribution in [0, 0.1) is 10.1 Å². The normalized spacial score (nSPS) is 26.6. The van der Waals surface area contributed by atoms with Gasteiger partial charge in [0, 0.05) is 12.6 Å². The van der Waals surface area contributed by atoms with E-state index in [2.05, 4.69) is 5.32 Å². The number of nitrogens with zero attached hydrogens (tertiary/aromatic N) is 2. The smallest absolute Gasteiger partial charge is 0.292 e. The van der Waals surface area contributed by atoms with Gasteiger partial charge < -0.3 is 10.2 Å². The average molecular weight is 233 g/mol. The fraction of sp³-hybridized carbons (Fsp3) is 0.364. The third-order valence-corrected chi connectivity index (χ3v) is 3.35. The fourth-order valence-electron chi connectivity index (χ4n) is 2.59. The van der Waals surface area contributed by atoms with Crippen LogP contribution < -0.4 is 10.2 Å². The molecule has 2 aliphatic rings. The van der Waals surface area contributed by atoms with Gasteiger partial charge in [0.15, 0.2) is 0 Å². The third-order valence-electron chi connectivity index (χ3n) is 3.35. The van der Waals surface area contributed by atoms with Crippen molar-refractivity contribution in [3.63, 3.8) is 0 Å². The number of fused-ring (bicyclic) bond motifs is 2. The van der Waals surface area contributed by atoms with Gasteiger partial charge in [-0.2, -0.15) is 0 Å². The summed E-state index contributed by atoms with van der Waals surface area (Å²) in [4.78, 5) is 24.1. The second kappa shape index (κ2) is 3.53. The zero-order valence-corrected chi connectivity index (χ0v) is 9.00. The minimum absolute atomic E-state index is 0.00611. The van der Waals surface area contributed by atoms with Crippen molar-refractivity contribution in [1.29, 1.82) is 0 Å². The number of amides is 1. The van der Waals surface area contributed by atoms with Crippen molar-refractivity contribution in [3.8, 4) is 0 Å². The van der Waals surface area contributed by atoms with E-state index in [1.165, 1.54) is 6.07 Å². The molecule has 1 aromatic rings. The summed E-state index contributed by atoms with van der Waals surface area (Å²) in [5.41, 5.74) is 0.407. The number of anilines is 1. The van der Waals surface area contributed by atoms with Crippen molar-refractivity contribution in [2.24, 2.45) is 0 Å². The molecule has 0 aliphatic carbocycles. The number of nitro benzene ring substituents is 1. The van der Waals surface area contributed by atoms with E-state index in [-0.39, 0.29) is 23.7 Å². The van der Waals surface area contributed by atoms with E-state index in [1.807, 2.05) is 0 Å². The molecule has 3 rings (SSSR count). The van der Waals surface area contributed by atoms with Crippen LogP contribution in [0.25, 0.3) is 0 Å². The highest BCUT2D eigenvalue weighted by Crippen LogP contribution is 2.35. The monoisotopic (exact) mass is 233 g/mol. The molecule has 0 aromatic heterocycles. The van der Waals surface area contributed by atoms with Gasteiger partial charge in [-0.05, 0) is 12.5 Å². The van der Waals surface area contributed by atoms with E-state index in [9.17, 15) is 14.9 Å². The second-order valence-corrected chi connectivity index (χ2v) is 4.30. The van der Waals surface area contributed by atoms with Gasteiger partial charge in [-0.3, -0.25) is 14.9 Å². The van der Waals surface area contributed by atoms with Crippen molar-refractivity contribution in [1.82, 2.24) is 5.32 Å². The van der Waals surface area contributed by atoms with Crippen LogP contribution in [0.3, 0.4) is 0 Å². The number of rotatable bonds is 2. The zero-order chi connectivity index (χ0) is 12.0. The largest absolute Gasteiger partial charge is 0.304 e. The Bertz CT molecular complexity index is 502. The van der Waals surface area contributed by atoms with Gasteiger partial charge in [-0.25, -0.2) is 0 Å². The highest BCUT2D eigenvalue weighted by Gasteiger charge is 2.46. The number of carbonyl (C=O) groups is 1. The molecule has 6 heteroatoms. The van der Waals surface area contributed by atoms with E-state index in [0.29, 0.717) is 12.2 Å². The molecule has 0 radical (unpaired) electrons. The Morgan fingerprint density at radius 2 is 2.18 bits per heavy atom. The summed E-state index contributed by atoms with van der Waals surface area (Å²) < 4.78 is 0. The van der Waals surface area contributed by atoms with Crippen LogP contribution >= 0.6 is 0 Å². The zero-order valence-electron chi connectivity index (χ0n) is 9.00. The van der Waals surface area contributed by atoms with Crippen LogP contribution in [0.5, 0.6) is 0 Å². The van der Waals surface area contributed by atoms with Crippen molar-refractivity contribution in [2.45, 2.75) is 18.5 Å². The molecule has 2 bridgehead atoms. The number of para-hydroxylation sites is 2. The summed E-state index contributed by atoms with van der Waals surface area (Å²) in [7, 11) is 0. The van der Waals surface area contributed by atoms with Crippen LogP contribution in [0.1, 0.15) is 6.42 Å². The number of hydrogen-bond acceptors (Lipinski definition) is 4. The minimum atomic E-state index is -0.442. The lowest BCUT2D eigenvalue weighted by atomic mass is 10.2. The van der Waals surface area contributed by atoms with Gasteiger partial charge in [0.2, 0.25) is 5.91 Å². The summed E-state index contributed by atoms with van der Waals surface area (Å²) in [6.07, 6.45) is 0.741. The molecule has 1 aromatic carbocycles. The lowest BCUT2D eigenvalue weighted by Gasteiger charge is -2.27. The highest BCUT2D eigenvalue weighted by molar-refractivity contribution is 6.02. The molecule has 1 N–H and O–H groups in total. The van der Waals surface area contributed by atoms with Crippen LogP contribution in [0.4, 0.5) is 11.4 Å². The van der Waals surface area contributed by atoms with Gasteiger partial charge in [-0.15, -0.1) is 0 Å². The van der Waals surface area contributed by atoms with Crippen LogP contribution in [-0.4, -0.2) is 29.5 Å². The first-order valence-corrected chi connectivity index (χ1v) is 5.48. The first kappa shape index (κ1) is 10.2. The third kappa shape index (κ3) is 1.41. The molecule has 2 heterocycles. The second-order valence-electron chi connectivity index (χ2n) is 4.30. The highest BCUT2D eigenvalue weighted by atomic mass is 16.6. The molecule has 2 fully saturated rings. The van der Waals surface area contributed by atoms with Crippen LogP contribution in [0.15, 0.2) is 24.3 Å². The molecule has 17 heavy (non-hydrogen) atoms. The molecule has 0 unspecified atom stereocenters. The standard InChI is InChI=1S/C11H11N3O3/c15-11-8-5-7(6-12-8)13(11)9-3-1-2-4-10(9)14(16)17/h1-4,7-8,12H,5-6H2/t7-,8-/m0/s1. The van der Waals surface area contributed by atoms with Gasteiger partial charge in [-0.1, -0.05) is 12.1 Å². The van der Waals surface area contributed by atoms with E-state index < -0.39 is 4.92 Å². The lowest BCUT2D eigenvalue weighted by molar-refractivity contribution is -0.384. The Morgan fingerprint density at radius 1 is 1.41 bits per heavy atom. The Kier molecular flexibility index (Phi) is 2.12. The lowest BCUT2D eigenvalue weighted by Crippen LogP contribution is -2.48. The molecule has 2 atom stereocenters. The van der Waals surface area contributed by atoms with E-state index in [1.54, 1.807) is 23.1 Å². The molecule has 2 aliphatic heterocycles. The SMILES string of the molecule is O=C1[C@@H]2C[C@@H](CN2)N1c1ccccc1[N+](=O)[O-]. The van der Waals surface area contributed by atoms with Crippen molar-refractivity contribution < 1.29 is 9.72 Å². The summed E-state index contributed by atoms with van der Waals surface area (Å²) in [6.45, 7) is 0.711.